The largest absolute Gasteiger partial charge is 0.374 e. The molecule has 0 amide bonds. The minimum atomic E-state index is 0.245. The molecule has 0 spiro atoms. The molecule has 2 aromatic rings. The molecule has 2 rings (SSSR count). The number of aryl methyl sites for hydroxylation is 1. The van der Waals surface area contributed by atoms with E-state index in [4.69, 9.17) is 16.3 Å². The molecule has 0 saturated heterocycles. The summed E-state index contributed by atoms with van der Waals surface area (Å²) in [5.74, 6) is 0. The highest BCUT2D eigenvalue weighted by Crippen LogP contribution is 2.25. The van der Waals surface area contributed by atoms with Crippen molar-refractivity contribution in [2.75, 3.05) is 0 Å². The van der Waals surface area contributed by atoms with Gasteiger partial charge >= 0.3 is 0 Å². The van der Waals surface area contributed by atoms with Crippen LogP contribution in [0.25, 0.3) is 10.9 Å². The highest BCUT2D eigenvalue weighted by atomic mass is 35.5. The maximum atomic E-state index is 6.01. The molecule has 1 aromatic carbocycles. The van der Waals surface area contributed by atoms with Crippen molar-refractivity contribution in [1.29, 1.82) is 0 Å². The molecule has 86 valence electrons. The summed E-state index contributed by atoms with van der Waals surface area (Å²) in [6, 6.07) is 5.95. The Kier molecular flexibility index (Phi) is 3.22. The molecule has 0 aliphatic rings. The van der Waals surface area contributed by atoms with Gasteiger partial charge in [0, 0.05) is 34.7 Å². The summed E-state index contributed by atoms with van der Waals surface area (Å²) in [5, 5.41) is 1.94. The lowest BCUT2D eigenvalue weighted by Gasteiger charge is -2.06. The normalized spacial score (nSPS) is 11.6. The Balaban J connectivity index is 2.41. The number of hydrogen-bond acceptors (Lipinski definition) is 1. The first kappa shape index (κ1) is 11.5. The zero-order valence-corrected chi connectivity index (χ0v) is 10.6. The third kappa shape index (κ3) is 2.23. The Morgan fingerprint density at radius 3 is 2.81 bits per heavy atom. The lowest BCUT2D eigenvalue weighted by atomic mass is 10.2. The number of benzene rings is 1. The van der Waals surface area contributed by atoms with E-state index in [1.165, 1.54) is 16.5 Å². The Hall–Kier alpha value is -0.990. The summed E-state index contributed by atoms with van der Waals surface area (Å²) in [6.07, 6.45) is 2.35. The predicted molar refractivity (Wildman–Crippen MR) is 67.9 cm³/mol. The van der Waals surface area contributed by atoms with Crippen LogP contribution in [0.5, 0.6) is 0 Å². The fraction of sp³-hybridized carbons (Fsp3) is 0.385. The predicted octanol–water partition coefficient (Wildman–Crippen LogP) is 3.76. The van der Waals surface area contributed by atoms with E-state index >= 15 is 0 Å². The van der Waals surface area contributed by atoms with E-state index < -0.39 is 0 Å². The van der Waals surface area contributed by atoms with Gasteiger partial charge in [0.15, 0.2) is 0 Å². The van der Waals surface area contributed by atoms with Crippen molar-refractivity contribution in [2.45, 2.75) is 26.6 Å². The van der Waals surface area contributed by atoms with Gasteiger partial charge in [-0.15, -0.1) is 0 Å². The van der Waals surface area contributed by atoms with Crippen molar-refractivity contribution < 1.29 is 4.74 Å². The lowest BCUT2D eigenvalue weighted by Crippen LogP contribution is -2.01. The van der Waals surface area contributed by atoms with Crippen molar-refractivity contribution in [2.24, 2.45) is 7.05 Å². The highest BCUT2D eigenvalue weighted by molar-refractivity contribution is 6.31. The van der Waals surface area contributed by atoms with Gasteiger partial charge in [0.1, 0.15) is 0 Å². The van der Waals surface area contributed by atoms with Gasteiger partial charge in [0.2, 0.25) is 0 Å². The molecule has 0 radical (unpaired) electrons. The molecule has 0 fully saturated rings. The number of halogens is 1. The maximum Gasteiger partial charge on any atom is 0.0741 e. The Bertz CT molecular complexity index is 502. The van der Waals surface area contributed by atoms with Crippen LogP contribution in [0.15, 0.2) is 24.4 Å². The van der Waals surface area contributed by atoms with Crippen LogP contribution in [-0.2, 0) is 18.4 Å². The quantitative estimate of drug-likeness (QED) is 0.793. The zero-order chi connectivity index (χ0) is 11.7. The van der Waals surface area contributed by atoms with E-state index in [2.05, 4.69) is 10.8 Å². The van der Waals surface area contributed by atoms with Crippen LogP contribution >= 0.6 is 11.6 Å². The molecule has 0 N–H and O–H groups in total. The van der Waals surface area contributed by atoms with E-state index in [1.807, 2.05) is 39.1 Å². The van der Waals surface area contributed by atoms with Crippen LogP contribution < -0.4 is 0 Å². The number of ether oxygens (including phenoxy) is 1. The number of hydrogen-bond donors (Lipinski definition) is 0. The topological polar surface area (TPSA) is 14.2 Å². The van der Waals surface area contributed by atoms with Gasteiger partial charge in [-0.05, 0) is 32.0 Å². The number of fused-ring (bicyclic) bond motifs is 1. The van der Waals surface area contributed by atoms with Gasteiger partial charge in [0.25, 0.3) is 0 Å². The molecule has 1 heterocycles. The molecule has 0 aliphatic heterocycles. The van der Waals surface area contributed by atoms with Gasteiger partial charge in [-0.2, -0.15) is 0 Å². The number of nitrogens with zero attached hydrogens (tertiary/aromatic N) is 1. The second-order valence-electron chi connectivity index (χ2n) is 4.29. The second-order valence-corrected chi connectivity index (χ2v) is 4.72. The van der Waals surface area contributed by atoms with Gasteiger partial charge < -0.3 is 9.30 Å². The molecule has 0 aliphatic carbocycles. The molecule has 0 unspecified atom stereocenters. The highest BCUT2D eigenvalue weighted by Gasteiger charge is 2.07. The van der Waals surface area contributed by atoms with Crippen molar-refractivity contribution in [3.05, 3.63) is 35.0 Å². The van der Waals surface area contributed by atoms with Gasteiger partial charge in [-0.25, -0.2) is 0 Å². The van der Waals surface area contributed by atoms with Crippen LogP contribution in [0.1, 0.15) is 19.4 Å². The second kappa shape index (κ2) is 4.48. The molecule has 0 bridgehead atoms. The van der Waals surface area contributed by atoms with Gasteiger partial charge in [0.05, 0.1) is 12.7 Å². The molecular formula is C13H16ClNO. The van der Waals surface area contributed by atoms with Crippen LogP contribution in [0, 0.1) is 0 Å². The van der Waals surface area contributed by atoms with Crippen LogP contribution in [-0.4, -0.2) is 10.7 Å². The van der Waals surface area contributed by atoms with Crippen molar-refractivity contribution in [3.63, 3.8) is 0 Å². The molecule has 1 aromatic heterocycles. The van der Waals surface area contributed by atoms with E-state index in [9.17, 15) is 0 Å². The van der Waals surface area contributed by atoms with E-state index in [0.717, 1.165) is 5.02 Å². The van der Waals surface area contributed by atoms with E-state index in [1.54, 1.807) is 0 Å². The minimum Gasteiger partial charge on any atom is -0.374 e. The average molecular weight is 238 g/mol. The standard InChI is InChI=1S/C13H16ClNO/c1-9(2)16-8-10-7-15(3)13-5-4-11(14)6-12(10)13/h4-7,9H,8H2,1-3H3. The summed E-state index contributed by atoms with van der Waals surface area (Å²) in [6.45, 7) is 4.71. The summed E-state index contributed by atoms with van der Waals surface area (Å²) >= 11 is 6.01. The third-order valence-corrected chi connectivity index (χ3v) is 2.84. The summed E-state index contributed by atoms with van der Waals surface area (Å²) in [7, 11) is 2.04. The van der Waals surface area contributed by atoms with Gasteiger partial charge in [-0.1, -0.05) is 11.6 Å². The molecule has 3 heteroatoms. The van der Waals surface area contributed by atoms with Crippen molar-refractivity contribution in [1.82, 2.24) is 4.57 Å². The smallest absolute Gasteiger partial charge is 0.0741 e. The maximum absolute atomic E-state index is 6.01. The molecule has 0 atom stereocenters. The lowest BCUT2D eigenvalue weighted by molar-refractivity contribution is 0.0663. The Labute approximate surface area is 101 Å². The van der Waals surface area contributed by atoms with Crippen LogP contribution in [0.4, 0.5) is 0 Å². The average Bonchev–Trinajstić information content (AvgIpc) is 2.52. The summed E-state index contributed by atoms with van der Waals surface area (Å²) in [5.41, 5.74) is 2.38. The molecular weight excluding hydrogens is 222 g/mol. The molecule has 16 heavy (non-hydrogen) atoms. The van der Waals surface area contributed by atoms with Crippen molar-refractivity contribution >= 4 is 22.5 Å². The van der Waals surface area contributed by atoms with Crippen molar-refractivity contribution in [3.8, 4) is 0 Å². The summed E-state index contributed by atoms with van der Waals surface area (Å²) in [4.78, 5) is 0. The molecule has 0 saturated carbocycles. The Morgan fingerprint density at radius 2 is 2.12 bits per heavy atom. The number of rotatable bonds is 3. The minimum absolute atomic E-state index is 0.245. The third-order valence-electron chi connectivity index (χ3n) is 2.61. The zero-order valence-electron chi connectivity index (χ0n) is 9.83. The Morgan fingerprint density at radius 1 is 1.38 bits per heavy atom. The first-order chi connectivity index (χ1) is 7.58. The SMILES string of the molecule is CC(C)OCc1cn(C)c2ccc(Cl)cc12. The summed E-state index contributed by atoms with van der Waals surface area (Å²) < 4.78 is 7.73. The first-order valence-corrected chi connectivity index (χ1v) is 5.81. The van der Waals surface area contributed by atoms with E-state index in [0.29, 0.717) is 6.61 Å². The first-order valence-electron chi connectivity index (χ1n) is 5.43. The van der Waals surface area contributed by atoms with Crippen LogP contribution in [0.3, 0.4) is 0 Å². The fourth-order valence-electron chi connectivity index (χ4n) is 1.82. The van der Waals surface area contributed by atoms with E-state index in [-0.39, 0.29) is 6.10 Å². The fourth-order valence-corrected chi connectivity index (χ4v) is 1.99. The van der Waals surface area contributed by atoms with Crippen LogP contribution in [0.2, 0.25) is 5.02 Å². The monoisotopic (exact) mass is 237 g/mol. The number of aromatic nitrogens is 1. The molecule has 2 nitrogen and oxygen atoms in total. The van der Waals surface area contributed by atoms with Gasteiger partial charge in [-0.3, -0.25) is 0 Å².